The maximum Gasteiger partial charge on any atom is 0.348 e. The highest BCUT2D eigenvalue weighted by Crippen LogP contribution is 2.33. The summed E-state index contributed by atoms with van der Waals surface area (Å²) in [4.78, 5) is 24.6. The van der Waals surface area contributed by atoms with Gasteiger partial charge >= 0.3 is 5.97 Å². The van der Waals surface area contributed by atoms with Gasteiger partial charge in [-0.3, -0.25) is 4.79 Å². The van der Waals surface area contributed by atoms with Crippen LogP contribution < -0.4 is 10.1 Å². The lowest BCUT2D eigenvalue weighted by Crippen LogP contribution is -2.20. The molecule has 0 bridgehead atoms. The molecule has 8 heteroatoms. The van der Waals surface area contributed by atoms with E-state index in [4.69, 9.17) is 9.47 Å². The van der Waals surface area contributed by atoms with Crippen molar-refractivity contribution in [3.05, 3.63) is 44.2 Å². The minimum atomic E-state index is -0.505. The van der Waals surface area contributed by atoms with Gasteiger partial charge < -0.3 is 14.8 Å². The molecule has 1 heterocycles. The van der Waals surface area contributed by atoms with E-state index >= 15 is 0 Å². The van der Waals surface area contributed by atoms with Gasteiger partial charge in [-0.1, -0.05) is 19.4 Å². The van der Waals surface area contributed by atoms with Crippen LogP contribution in [0.25, 0.3) is 0 Å². The van der Waals surface area contributed by atoms with Gasteiger partial charge in [-0.15, -0.1) is 11.3 Å². The quantitative estimate of drug-likeness (QED) is 0.564. The molecule has 0 saturated heterocycles. The van der Waals surface area contributed by atoms with Gasteiger partial charge in [0.15, 0.2) is 6.61 Å². The van der Waals surface area contributed by atoms with Crippen molar-refractivity contribution in [1.29, 1.82) is 5.26 Å². The fourth-order valence-electron chi connectivity index (χ4n) is 2.54. The molecule has 0 saturated carbocycles. The molecule has 0 radical (unpaired) electrons. The first kappa shape index (κ1) is 21.9. The number of halogens is 1. The summed E-state index contributed by atoms with van der Waals surface area (Å²) >= 11 is 4.48. The normalized spacial score (nSPS) is 10.2. The average molecular weight is 465 g/mol. The van der Waals surface area contributed by atoms with Crippen LogP contribution in [0, 0.1) is 18.3 Å². The van der Waals surface area contributed by atoms with E-state index in [1.54, 1.807) is 13.8 Å². The predicted molar refractivity (Wildman–Crippen MR) is 112 cm³/mol. The molecule has 1 aromatic heterocycles. The fraction of sp³-hybridized carbons (Fsp3) is 0.350. The molecule has 1 amide bonds. The Kier molecular flexibility index (Phi) is 8.03. The Morgan fingerprint density at radius 1 is 1.32 bits per heavy atom. The van der Waals surface area contributed by atoms with E-state index in [0.29, 0.717) is 21.2 Å². The molecule has 0 spiro atoms. The van der Waals surface area contributed by atoms with Crippen molar-refractivity contribution in [2.45, 2.75) is 33.6 Å². The minimum Gasteiger partial charge on any atom is -0.483 e. The molecule has 0 aliphatic carbocycles. The zero-order valence-electron chi connectivity index (χ0n) is 15.9. The molecule has 28 heavy (non-hydrogen) atoms. The number of benzene rings is 1. The lowest BCUT2D eigenvalue weighted by Gasteiger charge is -2.09. The Morgan fingerprint density at radius 3 is 2.68 bits per heavy atom. The van der Waals surface area contributed by atoms with Crippen LogP contribution in [0.2, 0.25) is 0 Å². The van der Waals surface area contributed by atoms with E-state index in [1.165, 1.54) is 5.56 Å². The molecular weight excluding hydrogens is 444 g/mol. The summed E-state index contributed by atoms with van der Waals surface area (Å²) in [5.74, 6) is -0.364. The molecule has 148 valence electrons. The number of ether oxygens (including phenoxy) is 2. The van der Waals surface area contributed by atoms with Gasteiger partial charge in [0.2, 0.25) is 0 Å². The SMILES string of the molecule is CCCc1ccc(OCC(=O)Nc2sc(C(=O)OCC)c(C)c2C#N)c(Br)c1. The summed E-state index contributed by atoms with van der Waals surface area (Å²) in [5.41, 5.74) is 1.94. The molecule has 0 fully saturated rings. The number of carbonyl (C=O) groups excluding carboxylic acids is 2. The molecule has 0 atom stereocenters. The Morgan fingerprint density at radius 2 is 2.07 bits per heavy atom. The van der Waals surface area contributed by atoms with Crippen molar-refractivity contribution in [3.63, 3.8) is 0 Å². The van der Waals surface area contributed by atoms with Gasteiger partial charge in [0.25, 0.3) is 5.91 Å². The van der Waals surface area contributed by atoms with E-state index in [9.17, 15) is 14.9 Å². The van der Waals surface area contributed by atoms with Crippen LogP contribution in [0.3, 0.4) is 0 Å². The number of carbonyl (C=O) groups is 2. The molecule has 0 unspecified atom stereocenters. The number of thiophene rings is 1. The van der Waals surface area contributed by atoms with Crippen molar-refractivity contribution in [2.24, 2.45) is 0 Å². The topological polar surface area (TPSA) is 88.4 Å². The summed E-state index contributed by atoms with van der Waals surface area (Å²) in [6.07, 6.45) is 2.02. The van der Waals surface area contributed by atoms with Crippen LogP contribution in [0.4, 0.5) is 5.00 Å². The lowest BCUT2D eigenvalue weighted by atomic mass is 10.1. The fourth-order valence-corrected chi connectivity index (χ4v) is 4.15. The van der Waals surface area contributed by atoms with Gasteiger partial charge in [0.05, 0.1) is 16.6 Å². The van der Waals surface area contributed by atoms with Crippen LogP contribution in [0.5, 0.6) is 5.75 Å². The Balaban J connectivity index is 2.06. The van der Waals surface area contributed by atoms with Gasteiger partial charge in [-0.25, -0.2) is 4.79 Å². The minimum absolute atomic E-state index is 0.220. The summed E-state index contributed by atoms with van der Waals surface area (Å²) in [6.45, 7) is 5.49. The van der Waals surface area contributed by atoms with Gasteiger partial charge in [0, 0.05) is 0 Å². The highest BCUT2D eigenvalue weighted by Gasteiger charge is 2.22. The Hall–Kier alpha value is -2.37. The molecule has 0 aliphatic heterocycles. The van der Waals surface area contributed by atoms with Crippen molar-refractivity contribution in [2.75, 3.05) is 18.5 Å². The first-order valence-corrected chi connectivity index (χ1v) is 10.4. The second-order valence-corrected chi connectivity index (χ2v) is 7.82. The number of aryl methyl sites for hydroxylation is 1. The average Bonchev–Trinajstić information content (AvgIpc) is 2.96. The number of nitrogens with zero attached hydrogens (tertiary/aromatic N) is 1. The summed E-state index contributed by atoms with van der Waals surface area (Å²) in [5, 5.41) is 12.3. The van der Waals surface area contributed by atoms with Gasteiger partial charge in [0.1, 0.15) is 21.7 Å². The maximum atomic E-state index is 12.3. The largest absolute Gasteiger partial charge is 0.483 e. The van der Waals surface area contributed by atoms with Gasteiger partial charge in [-0.2, -0.15) is 5.26 Å². The van der Waals surface area contributed by atoms with E-state index in [1.807, 2.05) is 24.3 Å². The zero-order chi connectivity index (χ0) is 20.7. The highest BCUT2D eigenvalue weighted by atomic mass is 79.9. The number of nitrogens with one attached hydrogen (secondary N) is 1. The van der Waals surface area contributed by atoms with Crippen molar-refractivity contribution in [3.8, 4) is 11.8 Å². The van der Waals surface area contributed by atoms with Crippen LogP contribution in [-0.4, -0.2) is 25.1 Å². The second kappa shape index (κ2) is 10.2. The third kappa shape index (κ3) is 5.33. The van der Waals surface area contributed by atoms with E-state index in [-0.39, 0.29) is 18.8 Å². The number of hydrogen-bond donors (Lipinski definition) is 1. The maximum absolute atomic E-state index is 12.3. The third-order valence-electron chi connectivity index (χ3n) is 3.87. The zero-order valence-corrected chi connectivity index (χ0v) is 18.3. The molecular formula is C20H21BrN2O4S. The summed E-state index contributed by atoms with van der Waals surface area (Å²) in [6, 6.07) is 7.78. The molecule has 6 nitrogen and oxygen atoms in total. The monoisotopic (exact) mass is 464 g/mol. The Labute approximate surface area is 176 Å². The van der Waals surface area contributed by atoms with Crippen molar-refractivity contribution in [1.82, 2.24) is 0 Å². The second-order valence-electron chi connectivity index (χ2n) is 5.94. The summed E-state index contributed by atoms with van der Waals surface area (Å²) in [7, 11) is 0. The first-order chi connectivity index (χ1) is 13.4. The van der Waals surface area contributed by atoms with E-state index in [0.717, 1.165) is 28.7 Å². The molecule has 1 N–H and O–H groups in total. The molecule has 1 aromatic carbocycles. The number of hydrogen-bond acceptors (Lipinski definition) is 6. The van der Waals surface area contributed by atoms with Crippen LogP contribution in [0.15, 0.2) is 22.7 Å². The smallest absolute Gasteiger partial charge is 0.348 e. The molecule has 2 rings (SSSR count). The third-order valence-corrected chi connectivity index (χ3v) is 5.67. The standard InChI is InChI=1S/C20H21BrN2O4S/c1-4-6-13-7-8-16(15(21)9-13)27-11-17(24)23-19-14(10-22)12(3)18(28-19)20(25)26-5-2/h7-9H,4-6,11H2,1-3H3,(H,23,24). The van der Waals surface area contributed by atoms with Crippen molar-refractivity contribution >= 4 is 44.1 Å². The first-order valence-electron chi connectivity index (χ1n) is 8.82. The van der Waals surface area contributed by atoms with Gasteiger partial charge in [-0.05, 0) is 59.5 Å². The molecule has 2 aromatic rings. The highest BCUT2D eigenvalue weighted by molar-refractivity contribution is 9.10. The molecule has 0 aliphatic rings. The number of amides is 1. The Bertz CT molecular complexity index is 918. The van der Waals surface area contributed by atoms with Crippen molar-refractivity contribution < 1.29 is 19.1 Å². The number of rotatable bonds is 8. The predicted octanol–water partition coefficient (Wildman–Crippen LogP) is 4.84. The van der Waals surface area contributed by atoms with E-state index in [2.05, 4.69) is 28.2 Å². The van der Waals surface area contributed by atoms with Crippen LogP contribution >= 0.6 is 27.3 Å². The number of esters is 1. The number of nitriles is 1. The van der Waals surface area contributed by atoms with Crippen LogP contribution in [0.1, 0.15) is 46.6 Å². The van der Waals surface area contributed by atoms with Crippen LogP contribution in [-0.2, 0) is 16.0 Å². The number of anilines is 1. The lowest BCUT2D eigenvalue weighted by molar-refractivity contribution is -0.118. The summed E-state index contributed by atoms with van der Waals surface area (Å²) < 4.78 is 11.3. The van der Waals surface area contributed by atoms with E-state index < -0.39 is 11.9 Å².